The van der Waals surface area contributed by atoms with Crippen LogP contribution in [0.4, 0.5) is 9.52 Å². The lowest BCUT2D eigenvalue weighted by atomic mass is 10.1. The Hall–Kier alpha value is -3.15. The second kappa shape index (κ2) is 8.30. The van der Waals surface area contributed by atoms with Crippen LogP contribution in [-0.2, 0) is 16.9 Å². The van der Waals surface area contributed by atoms with Crippen molar-refractivity contribution < 1.29 is 18.2 Å². The lowest BCUT2D eigenvalue weighted by Gasteiger charge is -2.07. The number of nitrogens with zero attached hydrogens (tertiary/aromatic N) is 3. The van der Waals surface area contributed by atoms with Gasteiger partial charge in [0.2, 0.25) is 0 Å². The van der Waals surface area contributed by atoms with Crippen LogP contribution < -0.4 is 10.9 Å². The number of anilines is 1. The quantitative estimate of drug-likeness (QED) is 0.371. The maximum absolute atomic E-state index is 13.6. The Morgan fingerprint density at radius 3 is 3.03 bits per heavy atom. The topological polar surface area (TPSA) is 121 Å². The highest BCUT2D eigenvalue weighted by Crippen LogP contribution is 2.25. The zero-order chi connectivity index (χ0) is 21.3. The van der Waals surface area contributed by atoms with Gasteiger partial charge in [-0.25, -0.2) is 19.2 Å². The predicted octanol–water partition coefficient (Wildman–Crippen LogP) is 3.05. The molecule has 0 radical (unpaired) electrons. The molecule has 3 aromatic heterocycles. The molecule has 8 nitrogen and oxygen atoms in total. The molecule has 1 unspecified atom stereocenters. The van der Waals surface area contributed by atoms with Gasteiger partial charge < -0.3 is 8.97 Å². The summed E-state index contributed by atoms with van der Waals surface area (Å²) in [5.41, 5.74) is 0.515. The summed E-state index contributed by atoms with van der Waals surface area (Å²) in [6.45, 7) is 1.75. The largest absolute Gasteiger partial charge is 0.610 e. The third-order valence-corrected chi connectivity index (χ3v) is 6.29. The van der Waals surface area contributed by atoms with E-state index < -0.39 is 28.5 Å². The van der Waals surface area contributed by atoms with Crippen LogP contribution in [0.5, 0.6) is 0 Å². The summed E-state index contributed by atoms with van der Waals surface area (Å²) in [6.07, 6.45) is 2.17. The highest BCUT2D eigenvalue weighted by Gasteiger charge is 2.21. The normalized spacial score (nSPS) is 12.1. The molecule has 0 aliphatic carbocycles. The van der Waals surface area contributed by atoms with E-state index in [0.29, 0.717) is 10.9 Å². The van der Waals surface area contributed by atoms with E-state index in [1.807, 2.05) is 0 Å². The van der Waals surface area contributed by atoms with Crippen molar-refractivity contribution in [3.8, 4) is 0 Å². The average molecular weight is 444 g/mol. The Morgan fingerprint density at radius 2 is 2.23 bits per heavy atom. The summed E-state index contributed by atoms with van der Waals surface area (Å²) in [7, 11) is 0. The van der Waals surface area contributed by atoms with Crippen LogP contribution in [0.15, 0.2) is 56.4 Å². The van der Waals surface area contributed by atoms with Gasteiger partial charge in [0, 0.05) is 22.6 Å². The maximum Gasteiger partial charge on any atom is 0.336 e. The van der Waals surface area contributed by atoms with E-state index in [4.69, 9.17) is 4.42 Å². The molecule has 0 aliphatic heterocycles. The Kier molecular flexibility index (Phi) is 5.57. The van der Waals surface area contributed by atoms with Gasteiger partial charge in [-0.1, -0.05) is 23.5 Å². The van der Waals surface area contributed by atoms with Gasteiger partial charge in [-0.15, -0.1) is 0 Å². The third-order valence-electron chi connectivity index (χ3n) is 4.17. The number of carbonyl (C=O) groups is 1. The van der Waals surface area contributed by atoms with Gasteiger partial charge >= 0.3 is 5.63 Å². The first-order chi connectivity index (χ1) is 14.4. The lowest BCUT2D eigenvalue weighted by Crippen LogP contribution is -2.14. The molecular formula is C19H13FN4O4S2. The van der Waals surface area contributed by atoms with Gasteiger partial charge in [-0.05, 0) is 18.6 Å². The molecule has 1 N–H and O–H groups in total. The number of amides is 1. The number of hydrogen-bond acceptors (Lipinski definition) is 8. The van der Waals surface area contributed by atoms with Crippen LogP contribution >= 0.6 is 11.3 Å². The van der Waals surface area contributed by atoms with Gasteiger partial charge in [0.15, 0.2) is 22.3 Å². The summed E-state index contributed by atoms with van der Waals surface area (Å²) in [5, 5.41) is 5.17. The monoisotopic (exact) mass is 444 g/mol. The van der Waals surface area contributed by atoms with Crippen LogP contribution in [0.1, 0.15) is 21.6 Å². The number of hydrogen-bond donors (Lipinski definition) is 1. The van der Waals surface area contributed by atoms with Crippen molar-refractivity contribution in [3.63, 3.8) is 0 Å². The number of aryl methyl sites for hydroxylation is 1. The Labute approximate surface area is 176 Å². The molecule has 4 rings (SSSR count). The fourth-order valence-corrected chi connectivity index (χ4v) is 4.75. The molecular weight excluding hydrogens is 431 g/mol. The van der Waals surface area contributed by atoms with Crippen molar-refractivity contribution in [3.05, 3.63) is 75.2 Å². The minimum atomic E-state index is -1.65. The molecule has 30 heavy (non-hydrogen) atoms. The molecule has 0 saturated heterocycles. The van der Waals surface area contributed by atoms with E-state index >= 15 is 0 Å². The van der Waals surface area contributed by atoms with Gasteiger partial charge in [-0.2, -0.15) is 4.98 Å². The first kappa shape index (κ1) is 20.1. The van der Waals surface area contributed by atoms with E-state index in [1.54, 1.807) is 19.1 Å². The first-order valence-corrected chi connectivity index (χ1v) is 10.8. The van der Waals surface area contributed by atoms with Crippen molar-refractivity contribution in [1.82, 2.24) is 15.0 Å². The number of benzene rings is 1. The molecule has 1 aromatic carbocycles. The maximum atomic E-state index is 13.6. The molecule has 0 saturated carbocycles. The summed E-state index contributed by atoms with van der Waals surface area (Å²) in [6, 6.07) is 6.32. The number of aromatic nitrogens is 3. The lowest BCUT2D eigenvalue weighted by molar-refractivity contribution is 0.102. The van der Waals surface area contributed by atoms with Crippen molar-refractivity contribution in [1.29, 1.82) is 0 Å². The second-order valence-electron chi connectivity index (χ2n) is 6.18. The molecule has 152 valence electrons. The van der Waals surface area contributed by atoms with Crippen LogP contribution in [0, 0.1) is 12.7 Å². The molecule has 3 heterocycles. The summed E-state index contributed by atoms with van der Waals surface area (Å²) in [4.78, 5) is 35.9. The molecule has 1 atom stereocenters. The third kappa shape index (κ3) is 4.08. The van der Waals surface area contributed by atoms with Crippen molar-refractivity contribution >= 4 is 44.5 Å². The zero-order valence-corrected chi connectivity index (χ0v) is 17.1. The van der Waals surface area contributed by atoms with Gasteiger partial charge in [0.1, 0.15) is 12.0 Å². The number of fused-ring (bicyclic) bond motifs is 1. The number of nitrogens with one attached hydrogen (secondary N) is 1. The van der Waals surface area contributed by atoms with Crippen LogP contribution in [0.25, 0.3) is 11.0 Å². The predicted molar refractivity (Wildman–Crippen MR) is 109 cm³/mol. The van der Waals surface area contributed by atoms with E-state index in [1.165, 1.54) is 23.8 Å². The smallest absolute Gasteiger partial charge is 0.336 e. The summed E-state index contributed by atoms with van der Waals surface area (Å²) >= 11 is -0.581. The highest BCUT2D eigenvalue weighted by molar-refractivity contribution is 7.90. The van der Waals surface area contributed by atoms with Crippen LogP contribution in [-0.4, -0.2) is 25.4 Å². The Morgan fingerprint density at radius 1 is 1.40 bits per heavy atom. The molecule has 1 amide bonds. The molecule has 0 spiro atoms. The Bertz CT molecular complexity index is 1310. The van der Waals surface area contributed by atoms with Crippen LogP contribution in [0.3, 0.4) is 0 Å². The molecule has 4 aromatic rings. The molecule has 0 bridgehead atoms. The second-order valence-corrected chi connectivity index (χ2v) is 8.44. The summed E-state index contributed by atoms with van der Waals surface area (Å²) in [5.74, 6) is -1.34. The van der Waals surface area contributed by atoms with Crippen molar-refractivity contribution in [2.24, 2.45) is 0 Å². The van der Waals surface area contributed by atoms with Crippen LogP contribution in [0.2, 0.25) is 0 Å². The Balaban J connectivity index is 1.54. The van der Waals surface area contributed by atoms with Crippen molar-refractivity contribution in [2.75, 3.05) is 5.32 Å². The zero-order valence-electron chi connectivity index (χ0n) is 15.4. The number of carbonyl (C=O) groups excluding carboxylic acids is 1. The molecule has 0 fully saturated rings. The van der Waals surface area contributed by atoms with E-state index in [2.05, 4.69) is 20.3 Å². The van der Waals surface area contributed by atoms with Crippen molar-refractivity contribution in [2.45, 2.75) is 17.7 Å². The highest BCUT2D eigenvalue weighted by atomic mass is 32.2. The minimum Gasteiger partial charge on any atom is -0.610 e. The van der Waals surface area contributed by atoms with Gasteiger partial charge in [-0.3, -0.25) is 10.1 Å². The van der Waals surface area contributed by atoms with E-state index in [9.17, 15) is 18.5 Å². The fourth-order valence-electron chi connectivity index (χ4n) is 2.75. The number of para-hydroxylation sites is 1. The SMILES string of the molecule is Cc1cc(=O)oc2c(C(=O)Nc3nc([S+]([O-])Cc4ncncc4F)cs3)cccc12. The van der Waals surface area contributed by atoms with E-state index in [0.717, 1.165) is 17.5 Å². The molecule has 0 aliphatic rings. The average Bonchev–Trinajstić information content (AvgIpc) is 3.18. The molecule has 11 heteroatoms. The van der Waals surface area contributed by atoms with Gasteiger partial charge in [0.25, 0.3) is 10.9 Å². The number of halogens is 1. The standard InChI is InChI=1S/C19H13FN4O4S2/c1-10-5-16(25)28-17-11(10)3-2-4-12(17)18(26)24-19-23-15(7-29-19)30(27)8-14-13(20)6-21-9-22-14/h2-7,9H,8H2,1H3,(H,23,24,26). The van der Waals surface area contributed by atoms with Gasteiger partial charge in [0.05, 0.1) is 17.1 Å². The number of thiazole rings is 1. The number of rotatable bonds is 5. The van der Waals surface area contributed by atoms with E-state index in [-0.39, 0.29) is 32.8 Å². The summed E-state index contributed by atoms with van der Waals surface area (Å²) < 4.78 is 31.3. The minimum absolute atomic E-state index is 0.0167. The fraction of sp³-hybridized carbons (Fsp3) is 0.105. The first-order valence-electron chi connectivity index (χ1n) is 8.55.